The first-order chi connectivity index (χ1) is 26.9. The average Bonchev–Trinajstić information content (AvgIpc) is 3.81. The highest BCUT2D eigenvalue weighted by atomic mass is 15.0. The van der Waals surface area contributed by atoms with Gasteiger partial charge in [0.1, 0.15) is 0 Å². The molecule has 6 aromatic carbocycles. The zero-order valence-electron chi connectivity index (χ0n) is 36.9. The molecular weight excluding hydrogens is 651 g/mol. The lowest BCUT2D eigenvalue weighted by atomic mass is 9.65. The third kappa shape index (κ3) is 9.43. The number of aromatic nitrogens is 1. The van der Waals surface area contributed by atoms with Crippen LogP contribution >= 0.6 is 0 Å². The maximum Gasteiger partial charge on any atom is 0.0754 e. The zero-order valence-corrected chi connectivity index (χ0v) is 36.9. The number of hydrogen-bond acceptors (Lipinski definition) is 0. The minimum Gasteiger partial charge on any atom is -0.309 e. The van der Waals surface area contributed by atoms with E-state index in [0.29, 0.717) is 0 Å². The quantitative estimate of drug-likeness (QED) is 0.147. The van der Waals surface area contributed by atoms with Crippen molar-refractivity contribution in [2.75, 3.05) is 0 Å². The Morgan fingerprint density at radius 2 is 0.648 bits per heavy atom. The molecule has 0 radical (unpaired) electrons. The predicted octanol–water partition coefficient (Wildman–Crippen LogP) is 17.4. The van der Waals surface area contributed by atoms with Crippen molar-refractivity contribution < 1.29 is 0 Å². The van der Waals surface area contributed by atoms with Gasteiger partial charge < -0.3 is 4.57 Å². The summed E-state index contributed by atoms with van der Waals surface area (Å²) < 4.78 is 2.49. The van der Waals surface area contributed by atoms with Gasteiger partial charge in [0.25, 0.3) is 0 Å². The van der Waals surface area contributed by atoms with Crippen LogP contribution in [0.3, 0.4) is 0 Å². The summed E-state index contributed by atoms with van der Waals surface area (Å²) in [5, 5.41) is 2.64. The van der Waals surface area contributed by atoms with Crippen LogP contribution in [-0.2, 0) is 5.41 Å². The lowest BCUT2D eigenvalue weighted by Gasteiger charge is -2.39. The van der Waals surface area contributed by atoms with Gasteiger partial charge in [-0.25, -0.2) is 0 Å². The number of fused-ring (bicyclic) bond motifs is 12. The van der Waals surface area contributed by atoms with Gasteiger partial charge in [-0.15, -0.1) is 0 Å². The standard InChI is InChI=1S/C31H19N.C6H6.8C2H6/c1-4-14-24-20(10-1)21-11-2-5-15-25(21)31(24)26-16-6-8-19-29(26)32-28-18-7-3-12-22(28)23-13-9-17-27(31)30(23)32;1-2-4-6-5-3-1;8*1-2/h1-19H;1-6H;8*1-2H3. The molecule has 0 saturated heterocycles. The molecule has 0 unspecified atom stereocenters. The Morgan fingerprint density at radius 3 is 1.13 bits per heavy atom. The summed E-state index contributed by atoms with van der Waals surface area (Å²) in [4.78, 5) is 0. The van der Waals surface area contributed by atoms with E-state index in [1.165, 1.54) is 60.9 Å². The van der Waals surface area contributed by atoms with Gasteiger partial charge in [-0.2, -0.15) is 0 Å². The Kier molecular flexibility index (Phi) is 25.2. The van der Waals surface area contributed by atoms with Gasteiger partial charge in [-0.3, -0.25) is 0 Å². The van der Waals surface area contributed by atoms with Crippen molar-refractivity contribution >= 4 is 21.8 Å². The van der Waals surface area contributed by atoms with Crippen LogP contribution in [0.5, 0.6) is 0 Å². The van der Waals surface area contributed by atoms with E-state index in [-0.39, 0.29) is 5.41 Å². The SMILES string of the molecule is CC.CC.CC.CC.CC.CC.CC.CC.c1ccc2c(c1)-c1ccccc1C21c2ccccc2-n2c3ccccc3c3cccc1c32.c1ccccc1. The van der Waals surface area contributed by atoms with Crippen LogP contribution in [0.4, 0.5) is 0 Å². The predicted molar refractivity (Wildman–Crippen MR) is 249 cm³/mol. The summed E-state index contributed by atoms with van der Waals surface area (Å²) in [5.74, 6) is 0. The highest BCUT2D eigenvalue weighted by Gasteiger charge is 2.50. The van der Waals surface area contributed by atoms with Crippen LogP contribution in [-0.4, -0.2) is 4.57 Å². The van der Waals surface area contributed by atoms with Crippen LogP contribution in [0.25, 0.3) is 38.6 Å². The summed E-state index contributed by atoms with van der Waals surface area (Å²) in [5.41, 5.74) is 11.8. The smallest absolute Gasteiger partial charge is 0.0754 e. The second kappa shape index (κ2) is 27.7. The second-order valence-corrected chi connectivity index (χ2v) is 10.1. The van der Waals surface area contributed by atoms with Crippen LogP contribution in [0.15, 0.2) is 152 Å². The van der Waals surface area contributed by atoms with Crippen molar-refractivity contribution in [1.29, 1.82) is 0 Å². The van der Waals surface area contributed by atoms with E-state index < -0.39 is 0 Å². The van der Waals surface area contributed by atoms with E-state index in [1.54, 1.807) is 0 Å². The molecule has 54 heavy (non-hydrogen) atoms. The summed E-state index contributed by atoms with van der Waals surface area (Å²) in [6.45, 7) is 32.0. The summed E-state index contributed by atoms with van der Waals surface area (Å²) in [7, 11) is 0. The Hall–Kier alpha value is -4.88. The van der Waals surface area contributed by atoms with E-state index in [0.717, 1.165) is 0 Å². The minimum absolute atomic E-state index is 0.312. The molecule has 0 fully saturated rings. The summed E-state index contributed by atoms with van der Waals surface area (Å²) in [6.07, 6.45) is 0. The topological polar surface area (TPSA) is 4.93 Å². The number of benzene rings is 6. The second-order valence-electron chi connectivity index (χ2n) is 10.1. The minimum atomic E-state index is -0.312. The Labute approximate surface area is 332 Å². The molecule has 0 bridgehead atoms. The van der Waals surface area contributed by atoms with E-state index >= 15 is 0 Å². The van der Waals surface area contributed by atoms with Gasteiger partial charge in [0.05, 0.1) is 22.1 Å². The molecule has 1 aliphatic heterocycles. The van der Waals surface area contributed by atoms with Crippen LogP contribution in [0, 0.1) is 0 Å². The molecule has 0 N–H and O–H groups in total. The van der Waals surface area contributed by atoms with E-state index in [1.807, 2.05) is 147 Å². The van der Waals surface area contributed by atoms with Crippen LogP contribution in [0.2, 0.25) is 0 Å². The molecule has 1 spiro atoms. The van der Waals surface area contributed by atoms with E-state index in [4.69, 9.17) is 0 Å². The molecular formula is C53H73N. The lowest BCUT2D eigenvalue weighted by Crippen LogP contribution is -2.33. The number of rotatable bonds is 0. The van der Waals surface area contributed by atoms with Crippen molar-refractivity contribution in [1.82, 2.24) is 4.57 Å². The van der Waals surface area contributed by atoms with Gasteiger partial charge in [0, 0.05) is 10.8 Å². The molecule has 2 aliphatic rings. The molecule has 0 amide bonds. The first kappa shape index (κ1) is 49.1. The third-order valence-corrected chi connectivity index (χ3v) is 8.27. The highest BCUT2D eigenvalue weighted by molar-refractivity contribution is 6.12. The molecule has 7 aromatic rings. The lowest BCUT2D eigenvalue weighted by molar-refractivity contribution is 0.748. The van der Waals surface area contributed by atoms with Crippen molar-refractivity contribution in [3.63, 3.8) is 0 Å². The highest BCUT2D eigenvalue weighted by Crippen LogP contribution is 2.60. The largest absolute Gasteiger partial charge is 0.309 e. The van der Waals surface area contributed by atoms with E-state index in [9.17, 15) is 0 Å². The number of nitrogens with zero attached hydrogens (tertiary/aromatic N) is 1. The third-order valence-electron chi connectivity index (χ3n) is 8.27. The maximum absolute atomic E-state index is 2.49. The van der Waals surface area contributed by atoms with Crippen LogP contribution < -0.4 is 0 Å². The first-order valence-corrected chi connectivity index (χ1v) is 21.2. The first-order valence-electron chi connectivity index (χ1n) is 21.2. The van der Waals surface area contributed by atoms with Gasteiger partial charge >= 0.3 is 0 Å². The van der Waals surface area contributed by atoms with E-state index in [2.05, 4.69) is 120 Å². The number of para-hydroxylation sites is 3. The summed E-state index contributed by atoms with van der Waals surface area (Å²) in [6, 6.07) is 54.7. The fourth-order valence-electron chi connectivity index (χ4n) is 6.90. The van der Waals surface area contributed by atoms with Crippen molar-refractivity contribution in [3.8, 4) is 16.8 Å². The molecule has 1 aromatic heterocycles. The molecule has 0 atom stereocenters. The van der Waals surface area contributed by atoms with Crippen molar-refractivity contribution in [2.24, 2.45) is 0 Å². The number of hydrogen-bond donors (Lipinski definition) is 0. The Morgan fingerprint density at radius 1 is 0.296 bits per heavy atom. The monoisotopic (exact) mass is 724 g/mol. The Balaban J connectivity index is 0.00000109. The molecule has 1 aliphatic carbocycles. The van der Waals surface area contributed by atoms with Gasteiger partial charge in [0.15, 0.2) is 0 Å². The molecule has 1 nitrogen and oxygen atoms in total. The average molecular weight is 724 g/mol. The van der Waals surface area contributed by atoms with Gasteiger partial charge in [-0.05, 0) is 45.5 Å². The molecule has 9 rings (SSSR count). The normalized spacial score (nSPS) is 10.4. The molecule has 290 valence electrons. The summed E-state index contributed by atoms with van der Waals surface area (Å²) >= 11 is 0. The molecule has 0 saturated carbocycles. The van der Waals surface area contributed by atoms with Crippen LogP contribution in [0.1, 0.15) is 133 Å². The fraction of sp³-hybridized carbons (Fsp3) is 0.321. The maximum atomic E-state index is 2.49. The van der Waals surface area contributed by atoms with Crippen molar-refractivity contribution in [3.05, 3.63) is 174 Å². The fourth-order valence-corrected chi connectivity index (χ4v) is 6.90. The van der Waals surface area contributed by atoms with Gasteiger partial charge in [-0.1, -0.05) is 250 Å². The molecule has 2 heterocycles. The van der Waals surface area contributed by atoms with Crippen molar-refractivity contribution in [2.45, 2.75) is 116 Å². The Bertz CT molecular complexity index is 1900. The zero-order chi connectivity index (χ0) is 41.1. The molecule has 1 heteroatoms. The van der Waals surface area contributed by atoms with Gasteiger partial charge in [0.2, 0.25) is 0 Å².